The Labute approximate surface area is 123 Å². The smallest absolute Gasteiger partial charge is 0.241 e. The van der Waals surface area contributed by atoms with E-state index in [1.54, 1.807) is 32.9 Å². The van der Waals surface area contributed by atoms with Gasteiger partial charge < -0.3 is 9.52 Å². The van der Waals surface area contributed by atoms with E-state index in [1.807, 2.05) is 0 Å². The fourth-order valence-electron chi connectivity index (χ4n) is 1.95. The van der Waals surface area contributed by atoms with E-state index in [4.69, 9.17) is 9.52 Å². The van der Waals surface area contributed by atoms with Crippen LogP contribution in [0.2, 0.25) is 0 Å². The molecule has 1 heterocycles. The van der Waals surface area contributed by atoms with Crippen LogP contribution in [-0.4, -0.2) is 18.5 Å². The van der Waals surface area contributed by atoms with Crippen LogP contribution < -0.4 is 4.72 Å². The van der Waals surface area contributed by atoms with Crippen molar-refractivity contribution in [3.05, 3.63) is 47.2 Å². The second kappa shape index (κ2) is 5.97. The van der Waals surface area contributed by atoms with E-state index in [1.165, 1.54) is 12.3 Å². The first-order valence-corrected chi connectivity index (χ1v) is 7.97. The summed E-state index contributed by atoms with van der Waals surface area (Å²) in [5.74, 6) is 0.932. The number of hydrogen-bond acceptors (Lipinski definition) is 5. The van der Waals surface area contributed by atoms with Crippen molar-refractivity contribution >= 4 is 10.0 Å². The zero-order valence-electron chi connectivity index (χ0n) is 12.1. The van der Waals surface area contributed by atoms with Crippen LogP contribution in [0.4, 0.5) is 0 Å². The second-order valence-electron chi connectivity index (χ2n) is 4.91. The van der Waals surface area contributed by atoms with Gasteiger partial charge in [0.25, 0.3) is 0 Å². The van der Waals surface area contributed by atoms with Gasteiger partial charge in [0, 0.05) is 0 Å². The monoisotopic (exact) mass is 310 g/mol. The Bertz CT molecular complexity index is 737. The third-order valence-electron chi connectivity index (χ3n) is 3.07. The summed E-state index contributed by atoms with van der Waals surface area (Å²) in [6, 6.07) is 4.24. The molecule has 6 nitrogen and oxygen atoms in total. The zero-order chi connectivity index (χ0) is 15.6. The number of aromatic nitrogens is 1. The van der Waals surface area contributed by atoms with Crippen molar-refractivity contribution < 1.29 is 17.9 Å². The molecular formula is C14H18N2O4S. The maximum atomic E-state index is 12.4. The molecule has 0 fully saturated rings. The lowest BCUT2D eigenvalue weighted by atomic mass is 10.2. The first-order chi connectivity index (χ1) is 9.83. The number of sulfonamides is 1. The third-order valence-corrected chi connectivity index (χ3v) is 4.75. The minimum absolute atomic E-state index is 0.143. The number of nitrogens with zero attached hydrogens (tertiary/aromatic N) is 1. The van der Waals surface area contributed by atoms with E-state index in [-0.39, 0.29) is 11.5 Å². The van der Waals surface area contributed by atoms with E-state index in [0.717, 1.165) is 0 Å². The molecule has 0 aliphatic rings. The summed E-state index contributed by atoms with van der Waals surface area (Å²) in [7, 11) is -3.72. The summed E-state index contributed by atoms with van der Waals surface area (Å²) in [5, 5.41) is 9.14. The Hall–Kier alpha value is -1.70. The fraction of sp³-hybridized carbons (Fsp3) is 0.357. The van der Waals surface area contributed by atoms with E-state index in [2.05, 4.69) is 9.71 Å². The molecule has 0 amide bonds. The number of aryl methyl sites for hydroxylation is 2. The second-order valence-corrected chi connectivity index (χ2v) is 6.59. The van der Waals surface area contributed by atoms with Crippen molar-refractivity contribution in [2.45, 2.75) is 38.3 Å². The van der Waals surface area contributed by atoms with Gasteiger partial charge in [-0.25, -0.2) is 13.4 Å². The lowest BCUT2D eigenvalue weighted by Gasteiger charge is -2.13. The van der Waals surface area contributed by atoms with Gasteiger partial charge in [-0.2, -0.15) is 4.72 Å². The normalized spacial score (nSPS) is 13.3. The van der Waals surface area contributed by atoms with Crippen LogP contribution in [0.3, 0.4) is 0 Å². The van der Waals surface area contributed by atoms with Gasteiger partial charge in [0.1, 0.15) is 5.76 Å². The number of benzene rings is 1. The molecule has 1 aromatic carbocycles. The van der Waals surface area contributed by atoms with Gasteiger partial charge in [0.15, 0.2) is 0 Å². The summed E-state index contributed by atoms with van der Waals surface area (Å²) in [6.07, 6.45) is 1.54. The molecule has 0 saturated heterocycles. The van der Waals surface area contributed by atoms with E-state index in [9.17, 15) is 8.42 Å². The van der Waals surface area contributed by atoms with Gasteiger partial charge in [0.2, 0.25) is 15.9 Å². The molecule has 1 aromatic heterocycles. The molecular weight excluding hydrogens is 292 g/mol. The summed E-state index contributed by atoms with van der Waals surface area (Å²) >= 11 is 0. The average molecular weight is 310 g/mol. The maximum Gasteiger partial charge on any atom is 0.241 e. The zero-order valence-corrected chi connectivity index (χ0v) is 12.9. The molecule has 0 saturated carbocycles. The van der Waals surface area contributed by atoms with Crippen molar-refractivity contribution in [1.29, 1.82) is 0 Å². The highest BCUT2D eigenvalue weighted by Crippen LogP contribution is 2.20. The molecule has 1 unspecified atom stereocenters. The molecule has 0 radical (unpaired) electrons. The van der Waals surface area contributed by atoms with Gasteiger partial charge in [-0.05, 0) is 38.0 Å². The number of aliphatic hydroxyl groups is 1. The van der Waals surface area contributed by atoms with E-state index >= 15 is 0 Å². The van der Waals surface area contributed by atoms with Crippen LogP contribution in [0.25, 0.3) is 0 Å². The van der Waals surface area contributed by atoms with Crippen molar-refractivity contribution in [2.24, 2.45) is 0 Å². The Morgan fingerprint density at radius 1 is 1.38 bits per heavy atom. The third kappa shape index (κ3) is 3.49. The van der Waals surface area contributed by atoms with Gasteiger partial charge in [0.05, 0.1) is 23.7 Å². The van der Waals surface area contributed by atoms with E-state index in [0.29, 0.717) is 22.8 Å². The molecule has 2 aromatic rings. The molecule has 0 aliphatic carbocycles. The van der Waals surface area contributed by atoms with E-state index < -0.39 is 16.1 Å². The van der Waals surface area contributed by atoms with Crippen LogP contribution >= 0.6 is 0 Å². The average Bonchev–Trinajstić information content (AvgIpc) is 2.85. The molecule has 21 heavy (non-hydrogen) atoms. The maximum absolute atomic E-state index is 12.4. The number of aliphatic hydroxyl groups excluding tert-OH is 1. The van der Waals surface area contributed by atoms with Crippen molar-refractivity contribution in [3.63, 3.8) is 0 Å². The molecule has 0 spiro atoms. The highest BCUT2D eigenvalue weighted by atomic mass is 32.2. The first-order valence-electron chi connectivity index (χ1n) is 6.48. The van der Waals surface area contributed by atoms with Gasteiger partial charge >= 0.3 is 0 Å². The van der Waals surface area contributed by atoms with Gasteiger partial charge in [-0.15, -0.1) is 0 Å². The highest BCUT2D eigenvalue weighted by molar-refractivity contribution is 7.89. The summed E-state index contributed by atoms with van der Waals surface area (Å²) < 4.78 is 32.8. The Kier molecular flexibility index (Phi) is 4.46. The van der Waals surface area contributed by atoms with Crippen LogP contribution in [0.1, 0.15) is 35.7 Å². The molecule has 1 atom stereocenters. The largest absolute Gasteiger partial charge is 0.444 e. The van der Waals surface area contributed by atoms with Gasteiger partial charge in [-0.1, -0.05) is 12.1 Å². The molecule has 2 N–H and O–H groups in total. The molecule has 7 heteroatoms. The predicted molar refractivity (Wildman–Crippen MR) is 77.1 cm³/mol. The van der Waals surface area contributed by atoms with Crippen LogP contribution in [0, 0.1) is 13.8 Å². The number of oxazole rings is 1. The summed E-state index contributed by atoms with van der Waals surface area (Å²) in [6.45, 7) is 4.90. The topological polar surface area (TPSA) is 92.4 Å². The van der Waals surface area contributed by atoms with Crippen molar-refractivity contribution in [1.82, 2.24) is 9.71 Å². The molecule has 2 rings (SSSR count). The van der Waals surface area contributed by atoms with Crippen LogP contribution in [0.15, 0.2) is 33.7 Å². The van der Waals surface area contributed by atoms with Crippen molar-refractivity contribution in [2.75, 3.05) is 0 Å². The Morgan fingerprint density at radius 2 is 2.10 bits per heavy atom. The number of rotatable bonds is 5. The summed E-state index contributed by atoms with van der Waals surface area (Å²) in [4.78, 5) is 4.16. The van der Waals surface area contributed by atoms with Crippen molar-refractivity contribution in [3.8, 4) is 0 Å². The lowest BCUT2D eigenvalue weighted by molar-refractivity contribution is 0.281. The summed E-state index contributed by atoms with van der Waals surface area (Å²) in [5.41, 5.74) is 1.15. The highest BCUT2D eigenvalue weighted by Gasteiger charge is 2.23. The molecule has 0 bridgehead atoms. The number of nitrogens with one attached hydrogen (secondary N) is 1. The number of hydrogen-bond donors (Lipinski definition) is 2. The lowest BCUT2D eigenvalue weighted by Crippen LogP contribution is -2.27. The minimum atomic E-state index is -3.72. The fourth-order valence-corrected chi connectivity index (χ4v) is 3.44. The SMILES string of the molecule is Cc1cnc(C(C)NS(=O)(=O)c2cc(CO)ccc2C)o1. The predicted octanol–water partition coefficient (Wildman–Crippen LogP) is 1.82. The molecule has 0 aliphatic heterocycles. The van der Waals surface area contributed by atoms with Crippen LogP contribution in [-0.2, 0) is 16.6 Å². The Balaban J connectivity index is 2.30. The van der Waals surface area contributed by atoms with Crippen LogP contribution in [0.5, 0.6) is 0 Å². The standard InChI is InChI=1S/C14H18N2O4S/c1-9-4-5-12(8-17)6-13(9)21(18,19)16-11(3)14-15-7-10(2)20-14/h4-7,11,16-17H,8H2,1-3H3. The van der Waals surface area contributed by atoms with Gasteiger partial charge in [-0.3, -0.25) is 0 Å². The quantitative estimate of drug-likeness (QED) is 0.879. The molecule has 114 valence electrons. The first kappa shape index (κ1) is 15.7. The minimum Gasteiger partial charge on any atom is -0.444 e. The Morgan fingerprint density at radius 3 is 2.67 bits per heavy atom.